The minimum absolute atomic E-state index is 0.0212. The molecule has 0 radical (unpaired) electrons. The molecule has 0 aliphatic heterocycles. The van der Waals surface area contributed by atoms with Crippen LogP contribution in [0.4, 0.5) is 17.2 Å². The molecular formula is C15H16N4O4. The number of hydrogen-bond donors (Lipinski definition) is 2. The number of hydrogen-bond acceptors (Lipinski definition) is 7. The first kappa shape index (κ1) is 16.2. The average Bonchev–Trinajstić information content (AvgIpc) is 2.54. The molecule has 8 nitrogen and oxygen atoms in total. The van der Waals surface area contributed by atoms with Crippen molar-refractivity contribution in [2.75, 3.05) is 18.2 Å². The van der Waals surface area contributed by atoms with Crippen LogP contribution in [0, 0.1) is 17.0 Å². The van der Waals surface area contributed by atoms with Crippen LogP contribution in [0.25, 0.3) is 0 Å². The number of esters is 1. The molecule has 0 aliphatic rings. The van der Waals surface area contributed by atoms with E-state index in [1.165, 1.54) is 13.2 Å². The van der Waals surface area contributed by atoms with Crippen LogP contribution in [0.5, 0.6) is 0 Å². The van der Waals surface area contributed by atoms with E-state index in [9.17, 15) is 14.9 Å². The lowest BCUT2D eigenvalue weighted by molar-refractivity contribution is -0.385. The lowest BCUT2D eigenvalue weighted by Crippen LogP contribution is -2.12. The lowest BCUT2D eigenvalue weighted by Gasteiger charge is -2.13. The molecule has 120 valence electrons. The molecule has 0 amide bonds. The summed E-state index contributed by atoms with van der Waals surface area (Å²) in [6.07, 6.45) is 0. The van der Waals surface area contributed by atoms with Crippen molar-refractivity contribution in [3.8, 4) is 0 Å². The topological polar surface area (TPSA) is 120 Å². The number of methoxy groups -OCH3 is 1. The first-order valence-electron chi connectivity index (χ1n) is 6.75. The Balaban J connectivity index is 2.30. The molecule has 1 aromatic carbocycles. The van der Waals surface area contributed by atoms with E-state index in [1.54, 1.807) is 31.2 Å². The van der Waals surface area contributed by atoms with Gasteiger partial charge in [-0.25, -0.2) is 9.78 Å². The fraction of sp³-hybridized carbons (Fsp3) is 0.200. The number of nitro benzene ring substituents is 1. The third-order valence-electron chi connectivity index (χ3n) is 3.33. The number of nitrogens with zero attached hydrogens (tertiary/aromatic N) is 2. The normalized spacial score (nSPS) is 10.2. The zero-order chi connectivity index (χ0) is 17.0. The van der Waals surface area contributed by atoms with Gasteiger partial charge in [-0.2, -0.15) is 0 Å². The van der Waals surface area contributed by atoms with E-state index in [1.807, 2.05) is 0 Å². The first-order valence-corrected chi connectivity index (χ1v) is 6.75. The van der Waals surface area contributed by atoms with Crippen molar-refractivity contribution < 1.29 is 14.5 Å². The van der Waals surface area contributed by atoms with Crippen LogP contribution in [0.2, 0.25) is 0 Å². The molecule has 23 heavy (non-hydrogen) atoms. The number of carbonyl (C=O) groups excluding carboxylic acids is 1. The van der Waals surface area contributed by atoms with Crippen LogP contribution in [0.3, 0.4) is 0 Å². The van der Waals surface area contributed by atoms with E-state index < -0.39 is 10.9 Å². The Hall–Kier alpha value is -3.16. The Bertz CT molecular complexity index is 761. The molecule has 2 rings (SSSR count). The van der Waals surface area contributed by atoms with Gasteiger partial charge in [0.1, 0.15) is 5.82 Å². The Morgan fingerprint density at radius 2 is 2.13 bits per heavy atom. The van der Waals surface area contributed by atoms with E-state index in [-0.39, 0.29) is 23.7 Å². The number of anilines is 2. The second-order valence-electron chi connectivity index (χ2n) is 4.80. The summed E-state index contributed by atoms with van der Waals surface area (Å²) < 4.78 is 4.67. The molecule has 0 atom stereocenters. The number of nitrogen functional groups attached to an aromatic ring is 1. The minimum atomic E-state index is -0.594. The smallest absolute Gasteiger partial charge is 0.357 e. The van der Waals surface area contributed by atoms with Gasteiger partial charge in [0, 0.05) is 35.5 Å². The number of rotatable bonds is 5. The number of para-hydroxylation sites is 1. The van der Waals surface area contributed by atoms with E-state index in [4.69, 9.17) is 5.73 Å². The van der Waals surface area contributed by atoms with Crippen LogP contribution >= 0.6 is 0 Å². The fourth-order valence-electron chi connectivity index (χ4n) is 2.14. The number of carbonyl (C=O) groups is 1. The van der Waals surface area contributed by atoms with Gasteiger partial charge in [-0.15, -0.1) is 0 Å². The van der Waals surface area contributed by atoms with Crippen LogP contribution in [-0.4, -0.2) is 23.0 Å². The van der Waals surface area contributed by atoms with Crippen molar-refractivity contribution in [3.05, 3.63) is 57.3 Å². The summed E-state index contributed by atoms with van der Waals surface area (Å²) in [5.41, 5.74) is 7.48. The molecule has 2 aromatic rings. The summed E-state index contributed by atoms with van der Waals surface area (Å²) in [6.45, 7) is 1.91. The number of benzene rings is 1. The van der Waals surface area contributed by atoms with Crippen LogP contribution in [-0.2, 0) is 11.3 Å². The predicted octanol–water partition coefficient (Wildman–Crippen LogP) is 2.28. The maximum Gasteiger partial charge on any atom is 0.357 e. The fourth-order valence-corrected chi connectivity index (χ4v) is 2.14. The highest BCUT2D eigenvalue weighted by Gasteiger charge is 2.17. The second kappa shape index (κ2) is 6.73. The number of nitrogens with two attached hydrogens (primary N) is 1. The van der Waals surface area contributed by atoms with E-state index in [2.05, 4.69) is 15.0 Å². The number of nitro groups is 1. The standard InChI is InChI=1S/C15H16N4O4/c1-9-11(7-13(16)18-14(9)15(20)23-2)17-8-10-5-3-4-6-12(10)19(21)22/h3-7H,8H2,1-2H3,(H3,16,17,18). The molecule has 1 aromatic heterocycles. The number of nitrogens with one attached hydrogen (secondary N) is 1. The summed E-state index contributed by atoms with van der Waals surface area (Å²) in [4.78, 5) is 26.2. The van der Waals surface area contributed by atoms with Crippen molar-refractivity contribution >= 4 is 23.2 Å². The van der Waals surface area contributed by atoms with Crippen LogP contribution in [0.1, 0.15) is 21.6 Å². The van der Waals surface area contributed by atoms with Crippen molar-refractivity contribution in [2.24, 2.45) is 0 Å². The predicted molar refractivity (Wildman–Crippen MR) is 85.1 cm³/mol. The van der Waals surface area contributed by atoms with Crippen LogP contribution < -0.4 is 11.1 Å². The molecule has 0 saturated carbocycles. The number of aromatic nitrogens is 1. The molecule has 1 heterocycles. The maximum absolute atomic E-state index is 11.7. The largest absolute Gasteiger partial charge is 0.464 e. The van der Waals surface area contributed by atoms with Crippen molar-refractivity contribution in [1.29, 1.82) is 0 Å². The van der Waals surface area contributed by atoms with Crippen LogP contribution in [0.15, 0.2) is 30.3 Å². The van der Waals surface area contributed by atoms with Gasteiger partial charge in [-0.3, -0.25) is 10.1 Å². The first-order chi connectivity index (χ1) is 10.9. The molecule has 0 saturated heterocycles. The number of ether oxygens (including phenoxy) is 1. The van der Waals surface area contributed by atoms with Gasteiger partial charge in [0.15, 0.2) is 5.69 Å². The highest BCUT2D eigenvalue weighted by molar-refractivity contribution is 5.91. The Labute approximate surface area is 132 Å². The molecule has 0 aliphatic carbocycles. The summed E-state index contributed by atoms with van der Waals surface area (Å²) in [7, 11) is 1.26. The quantitative estimate of drug-likeness (QED) is 0.493. The van der Waals surface area contributed by atoms with Crippen molar-refractivity contribution in [3.63, 3.8) is 0 Å². The molecule has 0 unspecified atom stereocenters. The highest BCUT2D eigenvalue weighted by Crippen LogP contribution is 2.24. The van der Waals surface area contributed by atoms with E-state index >= 15 is 0 Å². The van der Waals surface area contributed by atoms with Gasteiger partial charge >= 0.3 is 5.97 Å². The Morgan fingerprint density at radius 3 is 2.78 bits per heavy atom. The van der Waals surface area contributed by atoms with Gasteiger partial charge in [0.25, 0.3) is 5.69 Å². The molecule has 0 spiro atoms. The van der Waals surface area contributed by atoms with Gasteiger partial charge in [0.2, 0.25) is 0 Å². The monoisotopic (exact) mass is 316 g/mol. The minimum Gasteiger partial charge on any atom is -0.464 e. The second-order valence-corrected chi connectivity index (χ2v) is 4.80. The van der Waals surface area contributed by atoms with Gasteiger partial charge < -0.3 is 15.8 Å². The lowest BCUT2D eigenvalue weighted by atomic mass is 10.1. The SMILES string of the molecule is COC(=O)c1nc(N)cc(NCc2ccccc2[N+](=O)[O-])c1C. The zero-order valence-electron chi connectivity index (χ0n) is 12.7. The average molecular weight is 316 g/mol. The molecule has 0 bridgehead atoms. The summed E-state index contributed by atoms with van der Waals surface area (Å²) in [5.74, 6) is -0.440. The van der Waals surface area contributed by atoms with Crippen molar-refractivity contribution in [1.82, 2.24) is 4.98 Å². The zero-order valence-corrected chi connectivity index (χ0v) is 12.7. The Morgan fingerprint density at radius 1 is 1.43 bits per heavy atom. The van der Waals surface area contributed by atoms with Gasteiger partial charge in [-0.1, -0.05) is 18.2 Å². The van der Waals surface area contributed by atoms with E-state index in [0.29, 0.717) is 16.8 Å². The van der Waals surface area contributed by atoms with Crippen molar-refractivity contribution in [2.45, 2.75) is 13.5 Å². The highest BCUT2D eigenvalue weighted by atomic mass is 16.6. The third kappa shape index (κ3) is 3.54. The third-order valence-corrected chi connectivity index (χ3v) is 3.33. The molecule has 8 heteroatoms. The molecule has 0 fully saturated rings. The molecule has 3 N–H and O–H groups in total. The molecular weight excluding hydrogens is 300 g/mol. The van der Waals surface area contributed by atoms with Gasteiger partial charge in [0.05, 0.1) is 12.0 Å². The summed E-state index contributed by atoms with van der Waals surface area (Å²) in [6, 6.07) is 7.98. The van der Waals surface area contributed by atoms with Gasteiger partial charge in [-0.05, 0) is 6.92 Å². The summed E-state index contributed by atoms with van der Waals surface area (Å²) in [5, 5.41) is 14.1. The number of pyridine rings is 1. The maximum atomic E-state index is 11.7. The summed E-state index contributed by atoms with van der Waals surface area (Å²) >= 11 is 0. The van der Waals surface area contributed by atoms with E-state index in [0.717, 1.165) is 0 Å². The Kier molecular flexibility index (Phi) is 4.75.